The zero-order valence-corrected chi connectivity index (χ0v) is 11.8. The van der Waals surface area contributed by atoms with Crippen LogP contribution in [0.1, 0.15) is 25.2 Å². The van der Waals surface area contributed by atoms with Gasteiger partial charge in [0.05, 0.1) is 18.4 Å². The van der Waals surface area contributed by atoms with Gasteiger partial charge in [0.2, 0.25) is 0 Å². The van der Waals surface area contributed by atoms with E-state index in [0.29, 0.717) is 22.9 Å². The smallest absolute Gasteiger partial charge is 0.258 e. The van der Waals surface area contributed by atoms with Gasteiger partial charge in [-0.2, -0.15) is 0 Å². The van der Waals surface area contributed by atoms with E-state index in [0.717, 1.165) is 0 Å². The Hall–Kier alpha value is -2.06. The van der Waals surface area contributed by atoms with E-state index in [1.165, 1.54) is 21.8 Å². The Morgan fingerprint density at radius 2 is 2.25 bits per heavy atom. The summed E-state index contributed by atoms with van der Waals surface area (Å²) in [5, 5.41) is 19.5. The molecule has 0 spiro atoms. The van der Waals surface area contributed by atoms with Gasteiger partial charge in [-0.15, -0.1) is 16.4 Å². The van der Waals surface area contributed by atoms with Crippen LogP contribution in [0.4, 0.5) is 0 Å². The van der Waals surface area contributed by atoms with Gasteiger partial charge in [-0.1, -0.05) is 5.21 Å². The number of aromatic nitrogens is 5. The first-order valence-electron chi connectivity index (χ1n) is 6.02. The number of fused-ring (bicyclic) bond motifs is 1. The van der Waals surface area contributed by atoms with E-state index >= 15 is 0 Å². The van der Waals surface area contributed by atoms with Crippen molar-refractivity contribution in [1.82, 2.24) is 24.4 Å². The Morgan fingerprint density at radius 3 is 2.95 bits per heavy atom. The van der Waals surface area contributed by atoms with E-state index in [9.17, 15) is 9.90 Å². The minimum absolute atomic E-state index is 0.117. The van der Waals surface area contributed by atoms with Crippen LogP contribution in [0.2, 0.25) is 0 Å². The van der Waals surface area contributed by atoms with E-state index in [2.05, 4.69) is 15.3 Å². The van der Waals surface area contributed by atoms with Crippen LogP contribution in [0.15, 0.2) is 28.6 Å². The van der Waals surface area contributed by atoms with Crippen LogP contribution < -0.4 is 5.56 Å². The lowest BCUT2D eigenvalue weighted by atomic mass is 10.1. The summed E-state index contributed by atoms with van der Waals surface area (Å²) in [6, 6.07) is 1.48. The Morgan fingerprint density at radius 1 is 1.45 bits per heavy atom. The van der Waals surface area contributed by atoms with Gasteiger partial charge in [-0.05, 0) is 13.8 Å². The molecule has 0 amide bonds. The number of hydrogen-bond donors (Lipinski definition) is 1. The van der Waals surface area contributed by atoms with E-state index in [1.807, 2.05) is 5.38 Å². The summed E-state index contributed by atoms with van der Waals surface area (Å²) in [6.45, 7) is 3.63. The molecule has 0 bridgehead atoms. The Balaban J connectivity index is 1.93. The molecule has 0 radical (unpaired) electrons. The molecule has 3 rings (SSSR count). The molecule has 0 aliphatic rings. The van der Waals surface area contributed by atoms with Gasteiger partial charge < -0.3 is 5.11 Å². The predicted octanol–water partition coefficient (Wildman–Crippen LogP) is 0.623. The summed E-state index contributed by atoms with van der Waals surface area (Å²) < 4.78 is 3.05. The molecular weight excluding hydrogens is 278 g/mol. The van der Waals surface area contributed by atoms with Gasteiger partial charge in [0, 0.05) is 17.6 Å². The second-order valence-electron chi connectivity index (χ2n) is 5.00. The van der Waals surface area contributed by atoms with Crippen molar-refractivity contribution in [2.75, 3.05) is 0 Å². The molecule has 3 aromatic heterocycles. The molecule has 0 aromatic carbocycles. The van der Waals surface area contributed by atoms with E-state index in [4.69, 9.17) is 0 Å². The highest BCUT2D eigenvalue weighted by molar-refractivity contribution is 7.15. The highest BCUT2D eigenvalue weighted by atomic mass is 32.1. The predicted molar refractivity (Wildman–Crippen MR) is 73.7 cm³/mol. The largest absolute Gasteiger partial charge is 0.384 e. The van der Waals surface area contributed by atoms with Crippen LogP contribution in [-0.2, 0) is 12.1 Å². The zero-order chi connectivity index (χ0) is 14.3. The van der Waals surface area contributed by atoms with Crippen LogP contribution in [0.5, 0.6) is 0 Å². The lowest BCUT2D eigenvalue weighted by Crippen LogP contribution is -2.16. The maximum Gasteiger partial charge on any atom is 0.258 e. The fourth-order valence-electron chi connectivity index (χ4n) is 1.79. The normalized spacial score (nSPS) is 12.2. The number of thiazole rings is 1. The summed E-state index contributed by atoms with van der Waals surface area (Å²) in [4.78, 5) is 16.9. The highest BCUT2D eigenvalue weighted by Gasteiger charge is 2.20. The summed E-state index contributed by atoms with van der Waals surface area (Å²) in [6.07, 6.45) is 3.35. The summed E-state index contributed by atoms with van der Waals surface area (Å²) in [5.74, 6) is 0. The summed E-state index contributed by atoms with van der Waals surface area (Å²) in [7, 11) is 0. The first-order valence-corrected chi connectivity index (χ1v) is 6.90. The van der Waals surface area contributed by atoms with Crippen molar-refractivity contribution in [3.8, 4) is 0 Å². The fraction of sp³-hybridized carbons (Fsp3) is 0.333. The van der Waals surface area contributed by atoms with Crippen LogP contribution in [0.25, 0.3) is 4.96 Å². The summed E-state index contributed by atoms with van der Waals surface area (Å²) >= 11 is 1.40. The Labute approximate surface area is 118 Å². The molecule has 0 saturated heterocycles. The SMILES string of the molecule is CC(C)(O)c1cn(Cc2cc(=O)n3ccsc3n2)nn1. The Bertz CT molecular complexity index is 811. The monoisotopic (exact) mass is 291 g/mol. The minimum atomic E-state index is -1.04. The minimum Gasteiger partial charge on any atom is -0.384 e. The van der Waals surface area contributed by atoms with Crippen LogP contribution in [0.3, 0.4) is 0 Å². The van der Waals surface area contributed by atoms with Crippen molar-refractivity contribution in [3.63, 3.8) is 0 Å². The molecule has 0 fully saturated rings. The zero-order valence-electron chi connectivity index (χ0n) is 11.0. The van der Waals surface area contributed by atoms with Gasteiger partial charge in [0.25, 0.3) is 5.56 Å². The van der Waals surface area contributed by atoms with Crippen LogP contribution >= 0.6 is 11.3 Å². The lowest BCUT2D eigenvalue weighted by molar-refractivity contribution is 0.0737. The second-order valence-corrected chi connectivity index (χ2v) is 5.87. The number of rotatable bonds is 3. The average molecular weight is 291 g/mol. The maximum absolute atomic E-state index is 11.9. The highest BCUT2D eigenvalue weighted by Crippen LogP contribution is 2.16. The van der Waals surface area contributed by atoms with E-state index < -0.39 is 5.60 Å². The molecule has 7 nitrogen and oxygen atoms in total. The van der Waals surface area contributed by atoms with Gasteiger partial charge in [0.15, 0.2) is 4.96 Å². The topological polar surface area (TPSA) is 85.3 Å². The van der Waals surface area contributed by atoms with Crippen molar-refractivity contribution in [3.05, 3.63) is 45.6 Å². The fourth-order valence-corrected chi connectivity index (χ4v) is 2.53. The van der Waals surface area contributed by atoms with Crippen molar-refractivity contribution in [2.45, 2.75) is 26.0 Å². The molecule has 3 heterocycles. The van der Waals surface area contributed by atoms with Gasteiger partial charge in [-0.3, -0.25) is 9.20 Å². The number of aliphatic hydroxyl groups is 1. The van der Waals surface area contributed by atoms with E-state index in [1.54, 1.807) is 30.9 Å². The molecule has 1 N–H and O–H groups in total. The van der Waals surface area contributed by atoms with Crippen LogP contribution in [-0.4, -0.2) is 29.5 Å². The molecular formula is C12H13N5O2S. The molecule has 3 aromatic rings. The third-order valence-electron chi connectivity index (χ3n) is 2.85. The standard InChI is InChI=1S/C12H13N5O2S/c1-12(2,19)9-7-16(15-14-9)6-8-5-10(18)17-3-4-20-11(17)13-8/h3-5,7,19H,6H2,1-2H3. The molecule has 8 heteroatoms. The molecule has 0 atom stereocenters. The maximum atomic E-state index is 11.9. The lowest BCUT2D eigenvalue weighted by Gasteiger charge is -2.11. The van der Waals surface area contributed by atoms with Gasteiger partial charge in [-0.25, -0.2) is 9.67 Å². The van der Waals surface area contributed by atoms with Crippen molar-refractivity contribution < 1.29 is 5.11 Å². The second kappa shape index (κ2) is 4.50. The molecule has 104 valence electrons. The average Bonchev–Trinajstić information content (AvgIpc) is 2.96. The van der Waals surface area contributed by atoms with Crippen LogP contribution in [0, 0.1) is 0 Å². The molecule has 20 heavy (non-hydrogen) atoms. The third kappa shape index (κ3) is 2.35. The van der Waals surface area contributed by atoms with Crippen molar-refractivity contribution in [1.29, 1.82) is 0 Å². The molecule has 0 unspecified atom stereocenters. The first-order chi connectivity index (χ1) is 9.43. The number of nitrogens with zero attached hydrogens (tertiary/aromatic N) is 5. The van der Waals surface area contributed by atoms with Crippen molar-refractivity contribution >= 4 is 16.3 Å². The number of hydrogen-bond acceptors (Lipinski definition) is 6. The van der Waals surface area contributed by atoms with E-state index in [-0.39, 0.29) is 5.56 Å². The van der Waals surface area contributed by atoms with Gasteiger partial charge in [0.1, 0.15) is 11.3 Å². The molecule has 0 aliphatic heterocycles. The van der Waals surface area contributed by atoms with Gasteiger partial charge >= 0.3 is 0 Å². The third-order valence-corrected chi connectivity index (χ3v) is 3.60. The molecule has 0 saturated carbocycles. The first kappa shape index (κ1) is 12.9. The quantitative estimate of drug-likeness (QED) is 0.764. The Kier molecular flexibility index (Phi) is 2.91. The molecule has 0 aliphatic carbocycles. The summed E-state index contributed by atoms with van der Waals surface area (Å²) in [5.41, 5.74) is -0.0618. The van der Waals surface area contributed by atoms with Crippen molar-refractivity contribution in [2.24, 2.45) is 0 Å².